The molecule has 1 aliphatic heterocycles. The summed E-state index contributed by atoms with van der Waals surface area (Å²) in [6.07, 6.45) is 0.908. The minimum Gasteiger partial charge on any atom is -0.467 e. The van der Waals surface area contributed by atoms with Crippen LogP contribution < -0.4 is 0 Å². The first-order valence-corrected chi connectivity index (χ1v) is 6.40. The first-order chi connectivity index (χ1) is 6.06. The summed E-state index contributed by atoms with van der Waals surface area (Å²) in [5.74, 6) is -0.360. The van der Waals surface area contributed by atoms with E-state index in [4.69, 9.17) is 0 Å². The fourth-order valence-electron chi connectivity index (χ4n) is 1.34. The molecule has 0 aromatic heterocycles. The Balaban J connectivity index is 2.72. The van der Waals surface area contributed by atoms with Crippen LogP contribution in [0.4, 0.5) is 0 Å². The molecular formula is C8H14O3S2. The Hall–Kier alpha value is -0.0300. The molecule has 13 heavy (non-hydrogen) atoms. The second-order valence-electron chi connectivity index (χ2n) is 3.18. The highest BCUT2D eigenvalue weighted by atomic mass is 32.2. The van der Waals surface area contributed by atoms with Crippen molar-refractivity contribution in [2.45, 2.75) is 35.4 Å². The monoisotopic (exact) mass is 222 g/mol. The van der Waals surface area contributed by atoms with E-state index in [1.165, 1.54) is 18.9 Å². The molecule has 0 spiro atoms. The van der Waals surface area contributed by atoms with Gasteiger partial charge in [-0.05, 0) is 6.42 Å². The van der Waals surface area contributed by atoms with Crippen molar-refractivity contribution in [3.63, 3.8) is 0 Å². The van der Waals surface area contributed by atoms with Crippen LogP contribution in [0.15, 0.2) is 0 Å². The van der Waals surface area contributed by atoms with E-state index < -0.39 is 15.4 Å². The summed E-state index contributed by atoms with van der Waals surface area (Å²) in [4.78, 5) is 11.2. The second kappa shape index (κ2) is 4.46. The third-order valence-corrected chi connectivity index (χ3v) is 5.62. The van der Waals surface area contributed by atoms with E-state index in [0.717, 1.165) is 6.42 Å². The maximum Gasteiger partial charge on any atom is 0.331 e. The molecule has 0 saturated carbocycles. The zero-order chi connectivity index (χ0) is 10.0. The smallest absolute Gasteiger partial charge is 0.331 e. The lowest BCUT2D eigenvalue weighted by Crippen LogP contribution is -2.36. The molecule has 0 radical (unpaired) electrons. The Morgan fingerprint density at radius 1 is 1.54 bits per heavy atom. The molecule has 0 aliphatic carbocycles. The van der Waals surface area contributed by atoms with Crippen LogP contribution >= 0.6 is 11.8 Å². The van der Waals surface area contributed by atoms with Crippen molar-refractivity contribution < 1.29 is 13.7 Å². The van der Waals surface area contributed by atoms with Crippen molar-refractivity contribution in [1.29, 1.82) is 0 Å². The number of hydrogen-bond acceptors (Lipinski definition) is 4. The first kappa shape index (κ1) is 11.0. The Morgan fingerprint density at radius 2 is 2.15 bits per heavy atom. The van der Waals surface area contributed by atoms with Crippen LogP contribution in [-0.4, -0.2) is 32.4 Å². The Bertz CT molecular complexity index is 229. The van der Waals surface area contributed by atoms with Crippen LogP contribution in [0.1, 0.15) is 20.3 Å². The molecule has 2 unspecified atom stereocenters. The molecule has 1 saturated heterocycles. The van der Waals surface area contributed by atoms with Gasteiger partial charge in [-0.2, -0.15) is 0 Å². The highest BCUT2D eigenvalue weighted by Gasteiger charge is 2.36. The average Bonchev–Trinajstić information content (AvgIpc) is 2.10. The highest BCUT2D eigenvalue weighted by Crippen LogP contribution is 2.33. The summed E-state index contributed by atoms with van der Waals surface area (Å²) in [7, 11) is 0.252. The molecule has 1 rings (SSSR count). The number of esters is 1. The fourth-order valence-corrected chi connectivity index (χ4v) is 5.25. The third kappa shape index (κ3) is 2.47. The second-order valence-corrected chi connectivity index (χ2v) is 6.96. The lowest BCUT2D eigenvalue weighted by Gasteiger charge is -2.28. The number of rotatable bonds is 1. The number of thioether (sulfide) groups is 1. The van der Waals surface area contributed by atoms with Gasteiger partial charge in [0.05, 0.1) is 7.11 Å². The first-order valence-electron chi connectivity index (χ1n) is 4.19. The topological polar surface area (TPSA) is 43.4 Å². The average molecular weight is 222 g/mol. The zero-order valence-corrected chi connectivity index (χ0v) is 9.61. The van der Waals surface area contributed by atoms with Crippen LogP contribution in [0.2, 0.25) is 0 Å². The van der Waals surface area contributed by atoms with Crippen molar-refractivity contribution in [1.82, 2.24) is 0 Å². The van der Waals surface area contributed by atoms with Gasteiger partial charge in [0.15, 0.2) is 4.58 Å². The minimum absolute atomic E-state index is 0.0975. The maximum absolute atomic E-state index is 11.7. The third-order valence-electron chi connectivity index (χ3n) is 2.02. The molecule has 0 aromatic carbocycles. The normalized spacial score (nSPS) is 39.9. The predicted octanol–water partition coefficient (Wildman–Crippen LogP) is 1.15. The maximum atomic E-state index is 11.7. The number of ether oxygens (including phenoxy) is 1. The molecule has 0 amide bonds. The van der Waals surface area contributed by atoms with E-state index >= 15 is 0 Å². The Morgan fingerprint density at radius 3 is 2.69 bits per heavy atom. The van der Waals surface area contributed by atoms with Crippen molar-refractivity contribution in [3.05, 3.63) is 0 Å². The molecule has 4 atom stereocenters. The van der Waals surface area contributed by atoms with Gasteiger partial charge in [0.1, 0.15) is 0 Å². The van der Waals surface area contributed by atoms with E-state index in [2.05, 4.69) is 4.74 Å². The lowest BCUT2D eigenvalue weighted by molar-refractivity contribution is -0.138. The van der Waals surface area contributed by atoms with Crippen LogP contribution in [0.25, 0.3) is 0 Å². The van der Waals surface area contributed by atoms with E-state index in [-0.39, 0.29) is 11.2 Å². The Kier molecular flexibility index (Phi) is 3.79. The van der Waals surface area contributed by atoms with Gasteiger partial charge in [0.2, 0.25) is 0 Å². The summed E-state index contributed by atoms with van der Waals surface area (Å²) < 4.78 is 15.8. The van der Waals surface area contributed by atoms with Crippen molar-refractivity contribution in [2.75, 3.05) is 7.11 Å². The van der Waals surface area contributed by atoms with Gasteiger partial charge < -0.3 is 4.74 Å². The summed E-state index contributed by atoms with van der Waals surface area (Å²) in [6, 6.07) is 0. The molecular weight excluding hydrogens is 208 g/mol. The van der Waals surface area contributed by atoms with E-state index in [1.807, 2.05) is 13.8 Å². The molecule has 0 bridgehead atoms. The number of carbonyl (C=O) groups excluding carboxylic acids is 1. The van der Waals surface area contributed by atoms with Crippen LogP contribution in [-0.2, 0) is 20.3 Å². The van der Waals surface area contributed by atoms with Crippen LogP contribution in [0.3, 0.4) is 0 Å². The quantitative estimate of drug-likeness (QED) is 0.624. The van der Waals surface area contributed by atoms with E-state index in [1.54, 1.807) is 0 Å². The number of hydrogen-bond donors (Lipinski definition) is 0. The predicted molar refractivity (Wildman–Crippen MR) is 55.1 cm³/mol. The van der Waals surface area contributed by atoms with Gasteiger partial charge in [0.25, 0.3) is 0 Å². The van der Waals surface area contributed by atoms with Gasteiger partial charge in [-0.1, -0.05) is 13.8 Å². The molecule has 0 aromatic rings. The van der Waals surface area contributed by atoms with Gasteiger partial charge in [0, 0.05) is 21.3 Å². The van der Waals surface area contributed by atoms with Gasteiger partial charge in [-0.15, -0.1) is 11.8 Å². The Labute approximate surface area is 85.1 Å². The minimum atomic E-state index is -1.08. The molecule has 5 heteroatoms. The standard InChI is InChI=1S/C8H14O3S2/c1-5-4-6(2)13(10)8(12-5)7(9)11-3/h5-6,8H,4H2,1-3H3/t5-,6?,8-,13?/m0/s1. The zero-order valence-electron chi connectivity index (χ0n) is 7.98. The molecule has 0 N–H and O–H groups in total. The summed E-state index contributed by atoms with van der Waals surface area (Å²) in [6.45, 7) is 3.97. The van der Waals surface area contributed by atoms with Crippen molar-refractivity contribution in [3.8, 4) is 0 Å². The van der Waals surface area contributed by atoms with E-state index in [0.29, 0.717) is 5.25 Å². The van der Waals surface area contributed by atoms with Crippen LogP contribution in [0.5, 0.6) is 0 Å². The van der Waals surface area contributed by atoms with E-state index in [9.17, 15) is 9.00 Å². The molecule has 1 aliphatic rings. The summed E-state index contributed by atoms with van der Waals surface area (Å²) in [5, 5.41) is 0.483. The lowest BCUT2D eigenvalue weighted by atomic mass is 10.3. The summed E-state index contributed by atoms with van der Waals surface area (Å²) >= 11 is 1.46. The van der Waals surface area contributed by atoms with Gasteiger partial charge in [-0.25, -0.2) is 4.79 Å². The molecule has 1 heterocycles. The van der Waals surface area contributed by atoms with Gasteiger partial charge in [-0.3, -0.25) is 4.21 Å². The van der Waals surface area contributed by atoms with Gasteiger partial charge >= 0.3 is 5.97 Å². The number of methoxy groups -OCH3 is 1. The largest absolute Gasteiger partial charge is 0.467 e. The molecule has 3 nitrogen and oxygen atoms in total. The van der Waals surface area contributed by atoms with Crippen molar-refractivity contribution in [2.24, 2.45) is 0 Å². The highest BCUT2D eigenvalue weighted by molar-refractivity contribution is 8.13. The SMILES string of the molecule is COC(=O)[C@H]1S[C@@H](C)CC(C)S1=O. The summed E-state index contributed by atoms with van der Waals surface area (Å²) in [5.41, 5.74) is 0. The number of carbonyl (C=O) groups is 1. The van der Waals surface area contributed by atoms with Crippen molar-refractivity contribution >= 4 is 28.5 Å². The van der Waals surface area contributed by atoms with Crippen LogP contribution in [0, 0.1) is 0 Å². The molecule has 76 valence electrons. The fraction of sp³-hybridized carbons (Fsp3) is 0.875. The molecule has 1 fully saturated rings.